The Kier molecular flexibility index (Phi) is 4.15. The van der Waals surface area contributed by atoms with Crippen LogP contribution in [0.2, 0.25) is 0 Å². The van der Waals surface area contributed by atoms with E-state index in [1.54, 1.807) is 0 Å². The molecule has 110 valence electrons. The normalized spacial score (nSPS) is 11.7. The quantitative estimate of drug-likeness (QED) is 0.504. The second-order valence-corrected chi connectivity index (χ2v) is 5.19. The average molecular weight is 312 g/mol. The number of nitrogens with one attached hydrogen (secondary N) is 1. The number of carbonyl (C=O) groups excluding carboxylic acids is 1. The first-order valence-corrected chi connectivity index (χ1v) is 6.96. The molecule has 0 aliphatic heterocycles. The van der Waals surface area contributed by atoms with Crippen LogP contribution in [0.1, 0.15) is 16.1 Å². The molecule has 0 fully saturated rings. The molecule has 0 bridgehead atoms. The van der Waals surface area contributed by atoms with E-state index < -0.39 is 26.9 Å². The van der Waals surface area contributed by atoms with Gasteiger partial charge in [-0.05, 0) is 36.4 Å². The summed E-state index contributed by atoms with van der Waals surface area (Å²) in [6.07, 6.45) is 1.05. The molecule has 2 aromatic rings. The molecular weight excluding hydrogens is 303 g/mol. The van der Waals surface area contributed by atoms with Crippen molar-refractivity contribution in [2.75, 3.05) is 0 Å². The molecule has 7 nitrogen and oxygen atoms in total. The van der Waals surface area contributed by atoms with Gasteiger partial charge in [-0.1, -0.05) is 0 Å². The van der Waals surface area contributed by atoms with Gasteiger partial charge in [0.1, 0.15) is 11.6 Å². The molecular formula is C12H9FN2O5S. The van der Waals surface area contributed by atoms with Crippen LogP contribution in [-0.2, 0) is 10.1 Å². The van der Waals surface area contributed by atoms with Gasteiger partial charge in [-0.2, -0.15) is 13.5 Å². The molecule has 2 rings (SSSR count). The minimum absolute atomic E-state index is 0.0158. The smallest absolute Gasteiger partial charge is 0.328 e. The molecule has 0 spiro atoms. The van der Waals surface area contributed by atoms with Gasteiger partial charge >= 0.3 is 10.1 Å². The van der Waals surface area contributed by atoms with Gasteiger partial charge in [-0.25, -0.2) is 9.82 Å². The van der Waals surface area contributed by atoms with E-state index in [1.807, 2.05) is 0 Å². The summed E-state index contributed by atoms with van der Waals surface area (Å²) in [6, 6.07) is 7.11. The first-order chi connectivity index (χ1) is 9.86. The van der Waals surface area contributed by atoms with E-state index in [9.17, 15) is 17.6 Å². The maximum Gasteiger partial charge on any atom is 0.328 e. The molecule has 1 aromatic heterocycles. The number of nitrogens with zero attached hydrogens (tertiary/aromatic N) is 1. The zero-order chi connectivity index (χ0) is 15.5. The van der Waals surface area contributed by atoms with E-state index in [-0.39, 0.29) is 11.3 Å². The topological polar surface area (TPSA) is 109 Å². The first-order valence-electron chi connectivity index (χ1n) is 5.52. The molecule has 0 aliphatic carbocycles. The molecule has 1 aromatic carbocycles. The summed E-state index contributed by atoms with van der Waals surface area (Å²) in [5.74, 6) is -1.03. The number of rotatable bonds is 4. The number of halogens is 1. The molecule has 9 heteroatoms. The molecule has 0 atom stereocenters. The number of amides is 1. The summed E-state index contributed by atoms with van der Waals surface area (Å²) >= 11 is 0. The van der Waals surface area contributed by atoms with Crippen LogP contribution in [0, 0.1) is 5.82 Å². The van der Waals surface area contributed by atoms with Crippen LogP contribution < -0.4 is 5.43 Å². The second kappa shape index (κ2) is 5.85. The van der Waals surface area contributed by atoms with Gasteiger partial charge in [-0.15, -0.1) is 0 Å². The van der Waals surface area contributed by atoms with E-state index in [2.05, 4.69) is 10.5 Å². The molecule has 0 unspecified atom stereocenters. The molecule has 0 radical (unpaired) electrons. The van der Waals surface area contributed by atoms with E-state index in [1.165, 1.54) is 18.2 Å². The van der Waals surface area contributed by atoms with E-state index in [0.29, 0.717) is 0 Å². The average Bonchev–Trinajstić information content (AvgIpc) is 2.88. The van der Waals surface area contributed by atoms with Crippen LogP contribution in [0.15, 0.2) is 51.0 Å². The molecule has 0 aliphatic rings. The molecule has 2 N–H and O–H groups in total. The van der Waals surface area contributed by atoms with E-state index in [0.717, 1.165) is 24.4 Å². The molecule has 1 heterocycles. The summed E-state index contributed by atoms with van der Waals surface area (Å²) in [5, 5.41) is 2.92. The van der Waals surface area contributed by atoms with E-state index in [4.69, 9.17) is 8.97 Å². The third-order valence-corrected chi connectivity index (χ3v) is 3.05. The van der Waals surface area contributed by atoms with Gasteiger partial charge in [0.05, 0.1) is 6.21 Å². The minimum atomic E-state index is -4.42. The highest BCUT2D eigenvalue weighted by molar-refractivity contribution is 7.85. The number of benzene rings is 1. The Labute approximate surface area is 118 Å². The Balaban J connectivity index is 2.01. The Morgan fingerprint density at radius 1 is 1.24 bits per heavy atom. The van der Waals surface area contributed by atoms with Crippen molar-refractivity contribution in [1.29, 1.82) is 0 Å². The largest absolute Gasteiger partial charge is 0.441 e. The fourth-order valence-electron chi connectivity index (χ4n) is 1.36. The SMILES string of the molecule is O=C(NN=Cc1ccc(S(=O)(=O)O)o1)c1ccc(F)cc1. The van der Waals surface area contributed by atoms with Gasteiger partial charge in [0.15, 0.2) is 0 Å². The lowest BCUT2D eigenvalue weighted by molar-refractivity contribution is 0.0955. The summed E-state index contributed by atoms with van der Waals surface area (Å²) in [4.78, 5) is 11.6. The summed E-state index contributed by atoms with van der Waals surface area (Å²) < 4.78 is 47.7. The number of hydrazone groups is 1. The molecule has 1 amide bonds. The van der Waals surface area contributed by atoms with Crippen molar-refractivity contribution >= 4 is 22.2 Å². The van der Waals surface area contributed by atoms with Crippen molar-refractivity contribution in [3.63, 3.8) is 0 Å². The number of furan rings is 1. The van der Waals surface area contributed by atoms with Crippen molar-refractivity contribution in [3.05, 3.63) is 53.5 Å². The van der Waals surface area contributed by atoms with Crippen LogP contribution >= 0.6 is 0 Å². The number of hydrogen-bond acceptors (Lipinski definition) is 5. The fourth-order valence-corrected chi connectivity index (χ4v) is 1.80. The van der Waals surface area contributed by atoms with Gasteiger partial charge in [0.25, 0.3) is 5.91 Å². The van der Waals surface area contributed by atoms with E-state index >= 15 is 0 Å². The second-order valence-electron chi connectivity index (χ2n) is 3.84. The van der Waals surface area contributed by atoms with Gasteiger partial charge in [0, 0.05) is 5.56 Å². The van der Waals surface area contributed by atoms with Crippen LogP contribution in [0.5, 0.6) is 0 Å². The van der Waals surface area contributed by atoms with Crippen molar-refractivity contribution in [2.24, 2.45) is 5.10 Å². The predicted molar refractivity (Wildman–Crippen MR) is 70.0 cm³/mol. The maximum atomic E-state index is 12.7. The summed E-state index contributed by atoms with van der Waals surface area (Å²) in [7, 11) is -4.42. The zero-order valence-electron chi connectivity index (χ0n) is 10.4. The fraction of sp³-hybridized carbons (Fsp3) is 0. The lowest BCUT2D eigenvalue weighted by Gasteiger charge is -1.98. The minimum Gasteiger partial charge on any atom is -0.441 e. The first kappa shape index (κ1) is 14.9. The van der Waals surface area contributed by atoms with Crippen molar-refractivity contribution in [2.45, 2.75) is 5.09 Å². The van der Waals surface area contributed by atoms with Crippen LogP contribution in [0.25, 0.3) is 0 Å². The summed E-state index contributed by atoms with van der Waals surface area (Å²) in [6.45, 7) is 0. The molecule has 0 saturated heterocycles. The lowest BCUT2D eigenvalue weighted by atomic mass is 10.2. The third kappa shape index (κ3) is 3.97. The van der Waals surface area contributed by atoms with Crippen molar-refractivity contribution < 1.29 is 26.6 Å². The number of hydrogen-bond donors (Lipinski definition) is 2. The van der Waals surface area contributed by atoms with Crippen LogP contribution in [-0.4, -0.2) is 25.1 Å². The molecule has 21 heavy (non-hydrogen) atoms. The third-order valence-electron chi connectivity index (χ3n) is 2.32. The summed E-state index contributed by atoms with van der Waals surface area (Å²) in [5.41, 5.74) is 2.35. The Morgan fingerprint density at radius 3 is 2.48 bits per heavy atom. The van der Waals surface area contributed by atoms with Crippen LogP contribution in [0.3, 0.4) is 0 Å². The maximum absolute atomic E-state index is 12.7. The zero-order valence-corrected chi connectivity index (χ0v) is 11.2. The van der Waals surface area contributed by atoms with Gasteiger partial charge in [0.2, 0.25) is 5.09 Å². The Hall–Kier alpha value is -2.52. The van der Waals surface area contributed by atoms with Gasteiger partial charge in [-0.3, -0.25) is 9.35 Å². The highest BCUT2D eigenvalue weighted by Crippen LogP contribution is 2.11. The van der Waals surface area contributed by atoms with Gasteiger partial charge < -0.3 is 4.42 Å². The highest BCUT2D eigenvalue weighted by Gasteiger charge is 2.14. The molecule has 0 saturated carbocycles. The van der Waals surface area contributed by atoms with Crippen LogP contribution in [0.4, 0.5) is 4.39 Å². The monoisotopic (exact) mass is 312 g/mol. The van der Waals surface area contributed by atoms with Crippen molar-refractivity contribution in [1.82, 2.24) is 5.43 Å². The van der Waals surface area contributed by atoms with Crippen molar-refractivity contribution in [3.8, 4) is 0 Å². The lowest BCUT2D eigenvalue weighted by Crippen LogP contribution is -2.17. The standard InChI is InChI=1S/C12H9FN2O5S/c13-9-3-1-8(2-4-9)12(16)15-14-7-10-5-6-11(20-10)21(17,18)19/h1-7H,(H,15,16)(H,17,18,19). The Morgan fingerprint density at radius 2 is 1.90 bits per heavy atom. The Bertz CT molecular complexity index is 780. The number of carbonyl (C=O) groups is 1. The predicted octanol–water partition coefficient (Wildman–Crippen LogP) is 1.43. The highest BCUT2D eigenvalue weighted by atomic mass is 32.2.